The molecule has 1 fully saturated rings. The summed E-state index contributed by atoms with van der Waals surface area (Å²) in [5.41, 5.74) is 8.94. The molecule has 3 aliphatic rings. The number of aliphatic hydroxyl groups is 1. The monoisotopic (exact) mass is 1480 g/mol. The van der Waals surface area contributed by atoms with E-state index in [-0.39, 0.29) is 104 Å². The fourth-order valence-electron chi connectivity index (χ4n) is 12.7. The van der Waals surface area contributed by atoms with Gasteiger partial charge in [0.05, 0.1) is 118 Å². The van der Waals surface area contributed by atoms with Crippen LogP contribution < -0.4 is 30.7 Å². The Hall–Kier alpha value is -9.32. The molecular formula is C75H86Cl2N14O12S. The van der Waals surface area contributed by atoms with Crippen LogP contribution in [0.2, 0.25) is 10.0 Å². The van der Waals surface area contributed by atoms with Crippen molar-refractivity contribution in [2.75, 3.05) is 86.7 Å². The zero-order valence-corrected chi connectivity index (χ0v) is 61.9. The van der Waals surface area contributed by atoms with Crippen molar-refractivity contribution in [3.8, 4) is 33.3 Å². The van der Waals surface area contributed by atoms with Gasteiger partial charge >= 0.3 is 0 Å². The second-order valence-electron chi connectivity index (χ2n) is 27.2. The van der Waals surface area contributed by atoms with E-state index < -0.39 is 65.4 Å². The highest BCUT2D eigenvalue weighted by Crippen LogP contribution is 2.38. The number of rotatable bonds is 31. The highest BCUT2D eigenvalue weighted by molar-refractivity contribution is 7.13. The Morgan fingerprint density at radius 1 is 0.615 bits per heavy atom. The molecule has 5 aromatic carbocycles. The van der Waals surface area contributed by atoms with Gasteiger partial charge in [-0.1, -0.05) is 99.4 Å². The number of ether oxygens (including phenoxy) is 6. The van der Waals surface area contributed by atoms with Crippen molar-refractivity contribution < 1.29 is 57.5 Å². The van der Waals surface area contributed by atoms with Crippen LogP contribution in [-0.2, 0) is 49.5 Å². The number of amides is 5. The van der Waals surface area contributed by atoms with E-state index in [0.717, 1.165) is 55.3 Å². The zero-order valence-electron chi connectivity index (χ0n) is 59.5. The number of aliphatic hydroxyl groups excluding tert-OH is 1. The van der Waals surface area contributed by atoms with E-state index in [0.29, 0.717) is 56.3 Å². The lowest BCUT2D eigenvalue weighted by atomic mass is 9.85. The molecule has 0 bridgehead atoms. The molecule has 8 aromatic rings. The molecule has 5 N–H and O–H groups in total. The predicted molar refractivity (Wildman–Crippen MR) is 393 cm³/mol. The SMILES string of the molecule is COc1ccc2c(c1)C(c1ccc(Cl)cc1)=N[C@@H](CC(=O)NCCOCC(C)(COCCNC(=O)C[C@@H]1N=C(c3ccc(Cl)cc3)c3cc(OC)ccc3-n3c(C)nnc31)COCCOCC(=O)N[C@H](C(=O)N1C[C@H](O)C[C@H]1C(=O)NCc1ccc(-c3scnc3C)cc1)C(C)(C)C)c1nnc(C)n1-2. The maximum absolute atomic E-state index is 14.4. The first-order valence-corrected chi connectivity index (χ1v) is 35.9. The van der Waals surface area contributed by atoms with Crippen LogP contribution in [0, 0.1) is 31.6 Å². The van der Waals surface area contributed by atoms with E-state index in [1.165, 1.54) is 4.90 Å². The minimum absolute atomic E-state index is 0.00361. The lowest BCUT2D eigenvalue weighted by Gasteiger charge is -2.35. The number of aryl methyl sites for hydroxylation is 3. The van der Waals surface area contributed by atoms with Crippen LogP contribution in [0.1, 0.15) is 116 Å². The Morgan fingerprint density at radius 3 is 1.59 bits per heavy atom. The minimum atomic E-state index is -1.07. The van der Waals surface area contributed by atoms with Crippen molar-refractivity contribution in [2.45, 2.75) is 105 Å². The standard InChI is InChI=1S/C75H86Cl2N14O12S/c1-44-68(104-43-81-44)50-12-10-47(11-13-50)37-80-72(96)62-32-53(92)38-89(62)73(97)69(74(4,5)6)84-65(95)39-100-30-31-103-42-75(7,40-101-28-26-78-63(93)35-58-70-87-85-45(2)90(70)60-24-22-54(98-8)33-56(60)66(82-58)48-14-18-51(76)19-15-48)41-102-29-27-79-64(94)36-59-71-88-86-46(3)91(71)61-25-23-55(99-9)34-57(61)67(83-59)49-16-20-52(77)21-17-49/h10-25,33-34,43,53,58-59,62,69,92H,26-32,35-42H2,1-9H3,(H,78,93)(H,79,94)(H,80,96)(H,84,95)/t53-,58+,59+,62+,69-/m1/s1. The summed E-state index contributed by atoms with van der Waals surface area (Å²) >= 11 is 14.2. The second-order valence-corrected chi connectivity index (χ2v) is 28.9. The Bertz CT molecular complexity index is 4250. The van der Waals surface area contributed by atoms with Crippen molar-refractivity contribution in [1.29, 1.82) is 0 Å². The van der Waals surface area contributed by atoms with Crippen LogP contribution in [0.3, 0.4) is 0 Å². The molecule has 3 aromatic heterocycles. The van der Waals surface area contributed by atoms with Crippen LogP contribution in [0.25, 0.3) is 21.8 Å². The van der Waals surface area contributed by atoms with Crippen molar-refractivity contribution in [1.82, 2.24) is 60.7 Å². The van der Waals surface area contributed by atoms with E-state index in [2.05, 4.69) is 46.6 Å². The van der Waals surface area contributed by atoms with E-state index in [1.807, 2.05) is 122 Å². The van der Waals surface area contributed by atoms with Crippen LogP contribution in [-0.4, -0.2) is 190 Å². The summed E-state index contributed by atoms with van der Waals surface area (Å²) in [6.45, 7) is 13.6. The molecule has 29 heteroatoms. The number of thiazole rings is 1. The molecule has 5 amide bonds. The first-order valence-electron chi connectivity index (χ1n) is 34.3. The average Bonchev–Trinajstić information content (AvgIpc) is 1.61. The van der Waals surface area contributed by atoms with Crippen molar-refractivity contribution in [2.24, 2.45) is 20.8 Å². The zero-order chi connectivity index (χ0) is 73.8. The van der Waals surface area contributed by atoms with Gasteiger partial charge in [0.2, 0.25) is 29.5 Å². The summed E-state index contributed by atoms with van der Waals surface area (Å²) in [5, 5.41) is 41.5. The number of nitrogens with zero attached hydrogens (tertiary/aromatic N) is 10. The van der Waals surface area contributed by atoms with Crippen molar-refractivity contribution in [3.05, 3.63) is 182 Å². The molecule has 5 atom stereocenters. The number of likely N-dealkylation sites (tertiary alicyclic amines) is 1. The molecule has 11 rings (SSSR count). The van der Waals surface area contributed by atoms with Gasteiger partial charge in [-0.25, -0.2) is 4.98 Å². The maximum atomic E-state index is 14.4. The molecule has 6 heterocycles. The fraction of sp³-hybridized carbons (Fsp3) is 0.413. The van der Waals surface area contributed by atoms with Gasteiger partial charge in [0.15, 0.2) is 11.6 Å². The Balaban J connectivity index is 0.698. The Morgan fingerprint density at radius 2 is 1.11 bits per heavy atom. The van der Waals surface area contributed by atoms with E-state index >= 15 is 0 Å². The van der Waals surface area contributed by atoms with Crippen LogP contribution >= 0.6 is 34.5 Å². The predicted octanol–water partition coefficient (Wildman–Crippen LogP) is 8.60. The number of carbonyl (C=O) groups excluding carboxylic acids is 5. The van der Waals surface area contributed by atoms with Gasteiger partial charge in [-0.15, -0.1) is 31.7 Å². The summed E-state index contributed by atoms with van der Waals surface area (Å²) in [6.07, 6.45) is -1.02. The van der Waals surface area contributed by atoms with Gasteiger partial charge in [0.1, 0.15) is 53.9 Å². The topological polar surface area (TPSA) is 311 Å². The number of hydrogen-bond acceptors (Lipinski definition) is 20. The number of carbonyl (C=O) groups is 5. The van der Waals surface area contributed by atoms with Gasteiger partial charge in [0.25, 0.3) is 0 Å². The summed E-state index contributed by atoms with van der Waals surface area (Å²) in [7, 11) is 3.19. The highest BCUT2D eigenvalue weighted by Gasteiger charge is 2.45. The third-order valence-electron chi connectivity index (χ3n) is 18.1. The van der Waals surface area contributed by atoms with E-state index in [9.17, 15) is 29.1 Å². The van der Waals surface area contributed by atoms with Crippen LogP contribution in [0.15, 0.2) is 125 Å². The number of hydrogen-bond donors (Lipinski definition) is 5. The largest absolute Gasteiger partial charge is 0.497 e. The molecule has 548 valence electrons. The third kappa shape index (κ3) is 18.4. The number of fused-ring (bicyclic) bond motifs is 6. The first kappa shape index (κ1) is 75.8. The maximum Gasteiger partial charge on any atom is 0.246 e. The molecule has 0 saturated carbocycles. The molecule has 0 radical (unpaired) electrons. The van der Waals surface area contributed by atoms with Gasteiger partial charge in [-0.2, -0.15) is 0 Å². The second kappa shape index (κ2) is 34.1. The van der Waals surface area contributed by atoms with Crippen LogP contribution in [0.5, 0.6) is 11.5 Å². The molecule has 1 saturated heterocycles. The number of aromatic nitrogens is 7. The molecule has 0 spiro atoms. The van der Waals surface area contributed by atoms with Crippen molar-refractivity contribution in [3.63, 3.8) is 0 Å². The van der Waals surface area contributed by atoms with Gasteiger partial charge in [-0.05, 0) is 98.0 Å². The number of aliphatic imine (C=N–C) groups is 2. The lowest BCUT2D eigenvalue weighted by Crippen LogP contribution is -2.58. The van der Waals surface area contributed by atoms with Gasteiger partial charge < -0.3 is 59.7 Å². The van der Waals surface area contributed by atoms with Crippen LogP contribution in [0.4, 0.5) is 0 Å². The quantitative estimate of drug-likeness (QED) is 0.0254. The number of nitrogens with one attached hydrogen (secondary N) is 4. The summed E-state index contributed by atoms with van der Waals surface area (Å²) in [6, 6.07) is 30.3. The molecule has 3 aliphatic heterocycles. The molecular weight excluding hydrogens is 1390 g/mol. The molecule has 104 heavy (non-hydrogen) atoms. The minimum Gasteiger partial charge on any atom is -0.497 e. The van der Waals surface area contributed by atoms with E-state index in [4.69, 9.17) is 61.6 Å². The molecule has 26 nitrogen and oxygen atoms in total. The highest BCUT2D eigenvalue weighted by atomic mass is 35.5. The number of methoxy groups -OCH3 is 2. The number of β-amino-alcohol motifs (C(OH)–C–C–N with tert-alkyl or cyclic N) is 1. The number of benzene rings is 5. The Kier molecular flexibility index (Phi) is 24.8. The molecule has 0 unspecified atom stereocenters. The lowest BCUT2D eigenvalue weighted by molar-refractivity contribution is -0.144. The van der Waals surface area contributed by atoms with Gasteiger partial charge in [-0.3, -0.25) is 43.1 Å². The average molecular weight is 1480 g/mol. The fourth-order valence-corrected chi connectivity index (χ4v) is 13.8. The first-order chi connectivity index (χ1) is 50.0. The smallest absolute Gasteiger partial charge is 0.246 e. The molecule has 0 aliphatic carbocycles. The van der Waals surface area contributed by atoms with E-state index in [1.54, 1.807) is 76.1 Å². The summed E-state index contributed by atoms with van der Waals surface area (Å²) in [4.78, 5) is 86.6. The summed E-state index contributed by atoms with van der Waals surface area (Å²) in [5.74, 6) is 1.39. The summed E-state index contributed by atoms with van der Waals surface area (Å²) < 4.78 is 39.6. The third-order valence-corrected chi connectivity index (χ3v) is 19.5. The Labute approximate surface area is 617 Å². The normalized spacial score (nSPS) is 16.5. The van der Waals surface area contributed by atoms with Gasteiger partial charge in [0, 0.05) is 70.3 Å². The number of halogens is 2. The van der Waals surface area contributed by atoms with Crippen molar-refractivity contribution >= 4 is 75.5 Å².